The molecule has 1 aromatic heterocycles. The summed E-state index contributed by atoms with van der Waals surface area (Å²) in [5.41, 5.74) is 5.27. The molecule has 0 saturated heterocycles. The molecular weight excluding hydrogens is 276 g/mol. The van der Waals surface area contributed by atoms with Gasteiger partial charge in [0.1, 0.15) is 12.0 Å². The lowest BCUT2D eigenvalue weighted by atomic mass is 10.1. The Hall–Kier alpha value is -2.97. The molecule has 2 rings (SSSR count). The highest BCUT2D eigenvalue weighted by Crippen LogP contribution is 2.24. The fourth-order valence-electron chi connectivity index (χ4n) is 1.84. The third kappa shape index (κ3) is 2.96. The SMILES string of the molecule is CCn1cnnc1CNC(=O)c1cccc([N+](=O)[O-])c1N. The molecule has 0 atom stereocenters. The van der Waals surface area contributed by atoms with Crippen LogP contribution in [0.2, 0.25) is 0 Å². The number of nitrogens with two attached hydrogens (primary N) is 1. The van der Waals surface area contributed by atoms with E-state index < -0.39 is 10.8 Å². The van der Waals surface area contributed by atoms with E-state index in [9.17, 15) is 14.9 Å². The molecule has 0 bridgehead atoms. The Kier molecular flexibility index (Phi) is 4.12. The largest absolute Gasteiger partial charge is 0.393 e. The first-order valence-electron chi connectivity index (χ1n) is 6.22. The predicted octanol–water partition coefficient (Wildman–Crippen LogP) is 0.718. The monoisotopic (exact) mass is 290 g/mol. The van der Waals surface area contributed by atoms with Crippen LogP contribution in [0.3, 0.4) is 0 Å². The Morgan fingerprint density at radius 2 is 2.29 bits per heavy atom. The smallest absolute Gasteiger partial charge is 0.292 e. The molecule has 0 aliphatic carbocycles. The summed E-state index contributed by atoms with van der Waals surface area (Å²) in [6.07, 6.45) is 1.56. The van der Waals surface area contributed by atoms with Gasteiger partial charge in [-0.15, -0.1) is 10.2 Å². The molecule has 1 heterocycles. The third-order valence-electron chi connectivity index (χ3n) is 2.97. The Labute approximate surface area is 119 Å². The summed E-state index contributed by atoms with van der Waals surface area (Å²) in [7, 11) is 0. The van der Waals surface area contributed by atoms with Crippen LogP contribution in [-0.4, -0.2) is 25.6 Å². The van der Waals surface area contributed by atoms with Crippen molar-refractivity contribution in [2.45, 2.75) is 20.0 Å². The molecule has 2 aromatic rings. The molecule has 0 radical (unpaired) electrons. The van der Waals surface area contributed by atoms with Crippen molar-refractivity contribution in [1.82, 2.24) is 20.1 Å². The summed E-state index contributed by atoms with van der Waals surface area (Å²) in [5, 5.41) is 21.0. The van der Waals surface area contributed by atoms with E-state index in [-0.39, 0.29) is 23.5 Å². The highest BCUT2D eigenvalue weighted by Gasteiger charge is 2.19. The minimum atomic E-state index is -0.625. The van der Waals surface area contributed by atoms with Gasteiger partial charge in [0.25, 0.3) is 11.6 Å². The topological polar surface area (TPSA) is 129 Å². The second kappa shape index (κ2) is 5.99. The summed E-state index contributed by atoms with van der Waals surface area (Å²) in [6, 6.07) is 4.10. The number of carbonyl (C=O) groups is 1. The Morgan fingerprint density at radius 1 is 1.52 bits per heavy atom. The normalized spacial score (nSPS) is 10.3. The first kappa shape index (κ1) is 14.4. The second-order valence-corrected chi connectivity index (χ2v) is 4.21. The van der Waals surface area contributed by atoms with Gasteiger partial charge in [0.15, 0.2) is 5.82 Å². The molecule has 0 fully saturated rings. The zero-order valence-electron chi connectivity index (χ0n) is 11.3. The summed E-state index contributed by atoms with van der Waals surface area (Å²) in [4.78, 5) is 22.2. The number of hydrogen-bond acceptors (Lipinski definition) is 6. The van der Waals surface area contributed by atoms with E-state index in [4.69, 9.17) is 5.73 Å². The number of hydrogen-bond donors (Lipinski definition) is 2. The maximum absolute atomic E-state index is 12.1. The molecule has 0 unspecified atom stereocenters. The molecule has 0 saturated carbocycles. The van der Waals surface area contributed by atoms with Gasteiger partial charge in [-0.25, -0.2) is 0 Å². The van der Waals surface area contributed by atoms with Crippen LogP contribution in [0.25, 0.3) is 0 Å². The van der Waals surface area contributed by atoms with E-state index in [2.05, 4.69) is 15.5 Å². The predicted molar refractivity (Wildman–Crippen MR) is 74.4 cm³/mol. The summed E-state index contributed by atoms with van der Waals surface area (Å²) in [6.45, 7) is 2.76. The van der Waals surface area contributed by atoms with Crippen molar-refractivity contribution in [2.75, 3.05) is 5.73 Å². The number of amides is 1. The molecule has 1 amide bonds. The van der Waals surface area contributed by atoms with Gasteiger partial charge in [-0.05, 0) is 13.0 Å². The van der Waals surface area contributed by atoms with Crippen molar-refractivity contribution in [3.63, 3.8) is 0 Å². The minimum absolute atomic E-state index is 0.0618. The maximum atomic E-state index is 12.1. The number of aryl methyl sites for hydroxylation is 1. The zero-order chi connectivity index (χ0) is 15.4. The number of anilines is 1. The molecule has 3 N–H and O–H groups in total. The van der Waals surface area contributed by atoms with Crippen molar-refractivity contribution in [1.29, 1.82) is 0 Å². The van der Waals surface area contributed by atoms with Gasteiger partial charge < -0.3 is 15.6 Å². The number of nitrogens with zero attached hydrogens (tertiary/aromatic N) is 4. The molecular formula is C12H14N6O3. The van der Waals surface area contributed by atoms with E-state index in [1.807, 2.05) is 6.92 Å². The molecule has 0 spiro atoms. The lowest BCUT2D eigenvalue weighted by Crippen LogP contribution is -2.25. The first-order valence-corrected chi connectivity index (χ1v) is 6.22. The number of nitro groups is 1. The standard InChI is InChI=1S/C12H14N6O3/c1-2-17-7-15-16-10(17)6-14-12(19)8-4-3-5-9(11(8)13)18(20)21/h3-5,7H,2,6,13H2,1H3,(H,14,19). The minimum Gasteiger partial charge on any atom is -0.393 e. The average molecular weight is 290 g/mol. The van der Waals surface area contributed by atoms with Crippen LogP contribution in [0.4, 0.5) is 11.4 Å². The number of aromatic nitrogens is 3. The lowest BCUT2D eigenvalue weighted by Gasteiger charge is -2.08. The van der Waals surface area contributed by atoms with E-state index in [0.717, 1.165) is 0 Å². The summed E-state index contributed by atoms with van der Waals surface area (Å²) < 4.78 is 1.77. The van der Waals surface area contributed by atoms with E-state index in [1.165, 1.54) is 18.2 Å². The van der Waals surface area contributed by atoms with E-state index >= 15 is 0 Å². The number of carbonyl (C=O) groups excluding carboxylic acids is 1. The molecule has 0 aliphatic heterocycles. The van der Waals surface area contributed by atoms with Crippen molar-refractivity contribution in [3.8, 4) is 0 Å². The quantitative estimate of drug-likeness (QED) is 0.474. The number of para-hydroxylation sites is 1. The maximum Gasteiger partial charge on any atom is 0.292 e. The molecule has 1 aromatic carbocycles. The zero-order valence-corrected chi connectivity index (χ0v) is 11.3. The molecule has 21 heavy (non-hydrogen) atoms. The number of benzene rings is 1. The van der Waals surface area contributed by atoms with Gasteiger partial charge >= 0.3 is 0 Å². The van der Waals surface area contributed by atoms with Crippen molar-refractivity contribution < 1.29 is 9.72 Å². The van der Waals surface area contributed by atoms with Crippen molar-refractivity contribution in [2.24, 2.45) is 0 Å². The van der Waals surface area contributed by atoms with E-state index in [1.54, 1.807) is 10.9 Å². The van der Waals surface area contributed by atoms with Crippen LogP contribution in [-0.2, 0) is 13.1 Å². The molecule has 110 valence electrons. The summed E-state index contributed by atoms with van der Waals surface area (Å²) >= 11 is 0. The van der Waals surface area contributed by atoms with Gasteiger partial charge in [-0.3, -0.25) is 14.9 Å². The highest BCUT2D eigenvalue weighted by atomic mass is 16.6. The third-order valence-corrected chi connectivity index (χ3v) is 2.97. The van der Waals surface area contributed by atoms with Gasteiger partial charge in [0.05, 0.1) is 17.0 Å². The van der Waals surface area contributed by atoms with Gasteiger partial charge in [0, 0.05) is 12.6 Å². The number of nitrogen functional groups attached to an aromatic ring is 1. The Morgan fingerprint density at radius 3 is 2.95 bits per heavy atom. The van der Waals surface area contributed by atoms with Gasteiger partial charge in [-0.2, -0.15) is 0 Å². The fraction of sp³-hybridized carbons (Fsp3) is 0.250. The summed E-state index contributed by atoms with van der Waals surface area (Å²) in [5.74, 6) is 0.0942. The first-order chi connectivity index (χ1) is 10.0. The molecule has 9 nitrogen and oxygen atoms in total. The molecule has 9 heteroatoms. The number of rotatable bonds is 5. The van der Waals surface area contributed by atoms with Crippen LogP contribution < -0.4 is 11.1 Å². The lowest BCUT2D eigenvalue weighted by molar-refractivity contribution is -0.383. The average Bonchev–Trinajstić information content (AvgIpc) is 2.92. The van der Waals surface area contributed by atoms with Crippen LogP contribution in [0.1, 0.15) is 23.1 Å². The Bertz CT molecular complexity index is 681. The van der Waals surface area contributed by atoms with Gasteiger partial charge in [-0.1, -0.05) is 6.07 Å². The van der Waals surface area contributed by atoms with Crippen molar-refractivity contribution in [3.05, 3.63) is 46.0 Å². The van der Waals surface area contributed by atoms with E-state index in [0.29, 0.717) is 12.4 Å². The fourth-order valence-corrected chi connectivity index (χ4v) is 1.84. The van der Waals surface area contributed by atoms with Crippen LogP contribution in [0, 0.1) is 10.1 Å². The highest BCUT2D eigenvalue weighted by molar-refractivity contribution is 6.00. The Balaban J connectivity index is 2.14. The van der Waals surface area contributed by atoms with Crippen LogP contribution in [0.15, 0.2) is 24.5 Å². The van der Waals surface area contributed by atoms with Crippen molar-refractivity contribution >= 4 is 17.3 Å². The number of nitro benzene ring substituents is 1. The van der Waals surface area contributed by atoms with Crippen LogP contribution >= 0.6 is 0 Å². The second-order valence-electron chi connectivity index (χ2n) is 4.21. The van der Waals surface area contributed by atoms with Gasteiger partial charge in [0.2, 0.25) is 0 Å². The number of nitrogens with one attached hydrogen (secondary N) is 1. The van der Waals surface area contributed by atoms with Crippen LogP contribution in [0.5, 0.6) is 0 Å². The molecule has 0 aliphatic rings.